The number of benzene rings is 2. The van der Waals surface area contributed by atoms with Gasteiger partial charge in [-0.3, -0.25) is 10.1 Å². The number of anilines is 2. The van der Waals surface area contributed by atoms with E-state index in [1.54, 1.807) is 18.2 Å². The van der Waals surface area contributed by atoms with Crippen molar-refractivity contribution in [3.63, 3.8) is 0 Å². The smallest absolute Gasteiger partial charge is 0.257 e. The summed E-state index contributed by atoms with van der Waals surface area (Å²) in [4.78, 5) is 16.9. The van der Waals surface area contributed by atoms with Crippen LogP contribution in [0.25, 0.3) is 11.3 Å². The number of hydrogen-bond acceptors (Lipinski definition) is 5. The number of thiazole rings is 1. The summed E-state index contributed by atoms with van der Waals surface area (Å²) < 4.78 is 6.54. The molecule has 1 aromatic heterocycles. The van der Waals surface area contributed by atoms with Gasteiger partial charge in [0, 0.05) is 21.0 Å². The second kappa shape index (κ2) is 8.33. The monoisotopic (exact) mass is 431 g/mol. The third kappa shape index (κ3) is 4.42. The maximum atomic E-state index is 12.4. The molecule has 26 heavy (non-hydrogen) atoms. The Hall–Kier alpha value is -2.38. The first-order chi connectivity index (χ1) is 12.6. The lowest BCUT2D eigenvalue weighted by Gasteiger charge is -2.09. The fraction of sp³-hybridized carbons (Fsp3) is 0.158. The van der Waals surface area contributed by atoms with E-state index in [0.29, 0.717) is 28.7 Å². The minimum Gasteiger partial charge on any atom is -0.491 e. The molecule has 0 saturated carbocycles. The molecule has 0 spiro atoms. The lowest BCUT2D eigenvalue weighted by Crippen LogP contribution is -2.12. The van der Waals surface area contributed by atoms with Crippen molar-refractivity contribution in [2.24, 2.45) is 0 Å². The van der Waals surface area contributed by atoms with E-state index in [-0.39, 0.29) is 5.91 Å². The molecule has 3 rings (SSSR count). The van der Waals surface area contributed by atoms with E-state index in [2.05, 4.69) is 26.2 Å². The molecule has 0 bridgehead atoms. The molecule has 5 nitrogen and oxygen atoms in total. The number of amides is 1. The first-order valence-corrected chi connectivity index (χ1v) is 9.79. The number of halogens is 1. The Balaban J connectivity index is 1.70. The summed E-state index contributed by atoms with van der Waals surface area (Å²) in [5.74, 6) is 0.339. The van der Waals surface area contributed by atoms with Crippen LogP contribution in [0.3, 0.4) is 0 Å². The Labute approximate surface area is 164 Å². The van der Waals surface area contributed by atoms with E-state index in [1.807, 2.05) is 36.6 Å². The third-order valence-electron chi connectivity index (χ3n) is 3.60. The van der Waals surface area contributed by atoms with E-state index < -0.39 is 0 Å². The number of rotatable bonds is 6. The molecule has 0 radical (unpaired) electrons. The zero-order valence-corrected chi connectivity index (χ0v) is 16.6. The summed E-state index contributed by atoms with van der Waals surface area (Å²) in [7, 11) is 0. The number of aromatic nitrogens is 1. The minimum absolute atomic E-state index is 0.254. The van der Waals surface area contributed by atoms with E-state index in [1.165, 1.54) is 11.3 Å². The maximum absolute atomic E-state index is 12.4. The Bertz CT molecular complexity index is 909. The normalized spacial score (nSPS) is 10.5. The van der Waals surface area contributed by atoms with Gasteiger partial charge in [-0.2, -0.15) is 0 Å². The van der Waals surface area contributed by atoms with Gasteiger partial charge in [0.25, 0.3) is 5.91 Å². The molecule has 7 heteroatoms. The first kappa shape index (κ1) is 18.4. The number of carbonyl (C=O) groups excluding carboxylic acids is 1. The van der Waals surface area contributed by atoms with Gasteiger partial charge < -0.3 is 10.5 Å². The molecule has 1 amide bonds. The predicted octanol–water partition coefficient (Wildman–Crippen LogP) is 5.20. The van der Waals surface area contributed by atoms with Gasteiger partial charge in [-0.25, -0.2) is 4.98 Å². The fourth-order valence-corrected chi connectivity index (χ4v) is 3.27. The largest absolute Gasteiger partial charge is 0.491 e. The van der Waals surface area contributed by atoms with Gasteiger partial charge in [-0.05, 0) is 36.8 Å². The van der Waals surface area contributed by atoms with E-state index in [0.717, 1.165) is 22.2 Å². The second-order valence-electron chi connectivity index (χ2n) is 5.60. The Morgan fingerprint density at radius 1 is 1.27 bits per heavy atom. The van der Waals surface area contributed by atoms with Gasteiger partial charge in [-0.1, -0.05) is 35.0 Å². The van der Waals surface area contributed by atoms with Crippen LogP contribution in [-0.4, -0.2) is 17.5 Å². The summed E-state index contributed by atoms with van der Waals surface area (Å²) in [5.41, 5.74) is 8.69. The second-order valence-corrected chi connectivity index (χ2v) is 7.37. The molecule has 3 aromatic rings. The van der Waals surface area contributed by atoms with E-state index in [9.17, 15) is 4.79 Å². The molecular formula is C19H18BrN3O2S. The van der Waals surface area contributed by atoms with Crippen LogP contribution in [0.1, 0.15) is 23.7 Å². The van der Waals surface area contributed by atoms with Crippen LogP contribution in [0.5, 0.6) is 5.75 Å². The minimum atomic E-state index is -0.254. The number of nitrogens with zero attached hydrogens (tertiary/aromatic N) is 1. The number of nitrogens with one attached hydrogen (secondary N) is 1. The van der Waals surface area contributed by atoms with Crippen molar-refractivity contribution in [3.8, 4) is 17.0 Å². The zero-order chi connectivity index (χ0) is 18.5. The Morgan fingerprint density at radius 3 is 2.73 bits per heavy atom. The molecule has 0 fully saturated rings. The first-order valence-electron chi connectivity index (χ1n) is 8.12. The zero-order valence-electron chi connectivity index (χ0n) is 14.2. The van der Waals surface area contributed by atoms with Gasteiger partial charge in [0.1, 0.15) is 5.75 Å². The molecule has 2 aromatic carbocycles. The molecule has 3 N–H and O–H groups in total. The molecule has 0 aliphatic carbocycles. The topological polar surface area (TPSA) is 77.2 Å². The average Bonchev–Trinajstić information content (AvgIpc) is 3.09. The van der Waals surface area contributed by atoms with Crippen LogP contribution in [0.2, 0.25) is 0 Å². The van der Waals surface area contributed by atoms with E-state index in [4.69, 9.17) is 10.5 Å². The maximum Gasteiger partial charge on any atom is 0.257 e. The van der Waals surface area contributed by atoms with Crippen molar-refractivity contribution in [2.75, 3.05) is 17.7 Å². The fourth-order valence-electron chi connectivity index (χ4n) is 2.29. The molecule has 134 valence electrons. The van der Waals surface area contributed by atoms with Crippen LogP contribution in [0, 0.1) is 0 Å². The molecule has 0 aliphatic heterocycles. The summed E-state index contributed by atoms with van der Waals surface area (Å²) in [6, 6.07) is 12.9. The van der Waals surface area contributed by atoms with Crippen LogP contribution in [-0.2, 0) is 0 Å². The van der Waals surface area contributed by atoms with Gasteiger partial charge in [0.05, 0.1) is 18.0 Å². The van der Waals surface area contributed by atoms with Crippen LogP contribution in [0.15, 0.2) is 52.3 Å². The average molecular weight is 432 g/mol. The number of ether oxygens (including phenoxy) is 1. The number of nitrogen functional groups attached to an aromatic ring is 1. The summed E-state index contributed by atoms with van der Waals surface area (Å²) in [5, 5.41) is 5.26. The Kier molecular flexibility index (Phi) is 5.90. The van der Waals surface area contributed by atoms with Crippen molar-refractivity contribution in [1.29, 1.82) is 0 Å². The van der Waals surface area contributed by atoms with Crippen molar-refractivity contribution in [1.82, 2.24) is 4.98 Å². The van der Waals surface area contributed by atoms with Crippen molar-refractivity contribution < 1.29 is 9.53 Å². The highest BCUT2D eigenvalue weighted by Gasteiger charge is 2.12. The van der Waals surface area contributed by atoms with E-state index >= 15 is 0 Å². The highest BCUT2D eigenvalue weighted by molar-refractivity contribution is 9.10. The predicted molar refractivity (Wildman–Crippen MR) is 110 cm³/mol. The van der Waals surface area contributed by atoms with Crippen LogP contribution >= 0.6 is 27.3 Å². The number of hydrogen-bond donors (Lipinski definition) is 2. The summed E-state index contributed by atoms with van der Waals surface area (Å²) in [6.45, 7) is 2.61. The molecule has 0 aliphatic rings. The summed E-state index contributed by atoms with van der Waals surface area (Å²) in [6.07, 6.45) is 0.895. The van der Waals surface area contributed by atoms with Crippen LogP contribution < -0.4 is 15.8 Å². The standard InChI is InChI=1S/C19H18BrN3O2S/c1-2-9-25-17-8-5-13(10-15(17)21)18(24)23-19-22-16(11-26-19)12-3-6-14(20)7-4-12/h3-8,10-11H,2,9,21H2,1H3,(H,22,23,24). The van der Waals surface area contributed by atoms with Gasteiger partial charge in [0.15, 0.2) is 5.13 Å². The molecule has 0 saturated heterocycles. The quantitative estimate of drug-likeness (QED) is 0.525. The molecule has 0 unspecified atom stereocenters. The van der Waals surface area contributed by atoms with Crippen molar-refractivity contribution in [3.05, 3.63) is 57.9 Å². The third-order valence-corrected chi connectivity index (χ3v) is 4.88. The Morgan fingerprint density at radius 2 is 2.04 bits per heavy atom. The van der Waals surface area contributed by atoms with Crippen molar-refractivity contribution >= 4 is 44.0 Å². The van der Waals surface area contributed by atoms with Gasteiger partial charge >= 0.3 is 0 Å². The summed E-state index contributed by atoms with van der Waals surface area (Å²) >= 11 is 4.79. The lowest BCUT2D eigenvalue weighted by atomic mass is 10.2. The van der Waals surface area contributed by atoms with Crippen molar-refractivity contribution in [2.45, 2.75) is 13.3 Å². The molecule has 0 atom stereocenters. The number of nitrogens with two attached hydrogens (primary N) is 1. The highest BCUT2D eigenvalue weighted by Crippen LogP contribution is 2.27. The van der Waals surface area contributed by atoms with Crippen LogP contribution in [0.4, 0.5) is 10.8 Å². The van der Waals surface area contributed by atoms with Gasteiger partial charge in [-0.15, -0.1) is 11.3 Å². The molecule has 1 heterocycles. The highest BCUT2D eigenvalue weighted by atomic mass is 79.9. The SMILES string of the molecule is CCCOc1ccc(C(=O)Nc2nc(-c3ccc(Br)cc3)cs2)cc1N. The number of carbonyl (C=O) groups is 1. The molecular weight excluding hydrogens is 414 g/mol. The van der Waals surface area contributed by atoms with Gasteiger partial charge in [0.2, 0.25) is 0 Å². The lowest BCUT2D eigenvalue weighted by molar-refractivity contribution is 0.102.